The number of aromatic nitrogens is 2. The standard InChI is InChI=1S/C18H22FN5O2/c19-17-16(21-14-3-1-2-8-24(14)17)18(26)22-9-6-13-12(11-22)4-5-15(25)23(13)10-7-20/h1-3,8,12-13H,4-7,9-11,20H2/t12-,13+/m0/s1. The van der Waals surface area contributed by atoms with E-state index in [1.807, 2.05) is 4.90 Å². The Hall–Kier alpha value is -2.48. The van der Waals surface area contributed by atoms with Crippen LogP contribution in [0.2, 0.25) is 0 Å². The number of imidazole rings is 1. The quantitative estimate of drug-likeness (QED) is 0.882. The largest absolute Gasteiger partial charge is 0.338 e. The van der Waals surface area contributed by atoms with Gasteiger partial charge in [-0.3, -0.25) is 14.0 Å². The van der Waals surface area contributed by atoms with E-state index >= 15 is 0 Å². The highest BCUT2D eigenvalue weighted by atomic mass is 19.1. The summed E-state index contributed by atoms with van der Waals surface area (Å²) < 4.78 is 15.8. The van der Waals surface area contributed by atoms with E-state index in [2.05, 4.69) is 4.98 Å². The maximum absolute atomic E-state index is 14.6. The number of amides is 2. The summed E-state index contributed by atoms with van der Waals surface area (Å²) in [6.45, 7) is 1.99. The van der Waals surface area contributed by atoms with Crippen LogP contribution in [0.15, 0.2) is 24.4 Å². The zero-order valence-corrected chi connectivity index (χ0v) is 14.5. The number of nitrogens with zero attached hydrogens (tertiary/aromatic N) is 4. The second-order valence-electron chi connectivity index (χ2n) is 6.96. The average molecular weight is 359 g/mol. The van der Waals surface area contributed by atoms with Crippen molar-refractivity contribution in [2.75, 3.05) is 26.2 Å². The third kappa shape index (κ3) is 2.74. The summed E-state index contributed by atoms with van der Waals surface area (Å²) in [7, 11) is 0. The molecule has 8 heteroatoms. The SMILES string of the molecule is NCCN1C(=O)CC[C@H]2CN(C(=O)c3nc4ccccn4c3F)CC[C@H]21. The van der Waals surface area contributed by atoms with E-state index in [1.165, 1.54) is 4.40 Å². The number of carbonyl (C=O) groups is 2. The van der Waals surface area contributed by atoms with Gasteiger partial charge < -0.3 is 15.5 Å². The van der Waals surface area contributed by atoms with Gasteiger partial charge in [-0.1, -0.05) is 6.07 Å². The van der Waals surface area contributed by atoms with E-state index in [-0.39, 0.29) is 29.5 Å². The fourth-order valence-electron chi connectivity index (χ4n) is 4.22. The van der Waals surface area contributed by atoms with Crippen molar-refractivity contribution in [2.24, 2.45) is 11.7 Å². The molecule has 2 aromatic heterocycles. The number of likely N-dealkylation sites (tertiary alicyclic amines) is 2. The average Bonchev–Trinajstić information content (AvgIpc) is 3.00. The van der Waals surface area contributed by atoms with Crippen molar-refractivity contribution in [3.05, 3.63) is 36.0 Å². The molecule has 4 rings (SSSR count). The number of piperidine rings is 2. The molecule has 0 unspecified atom stereocenters. The molecule has 2 atom stereocenters. The summed E-state index contributed by atoms with van der Waals surface area (Å²) in [6.07, 6.45) is 3.48. The number of carbonyl (C=O) groups excluding carboxylic acids is 2. The van der Waals surface area contributed by atoms with Crippen LogP contribution in [0.4, 0.5) is 4.39 Å². The number of rotatable bonds is 3. The summed E-state index contributed by atoms with van der Waals surface area (Å²) in [5.74, 6) is -0.664. The predicted octanol–water partition coefficient (Wildman–Crippen LogP) is 0.885. The van der Waals surface area contributed by atoms with Crippen molar-refractivity contribution >= 4 is 17.5 Å². The fraction of sp³-hybridized carbons (Fsp3) is 0.500. The van der Waals surface area contributed by atoms with Crippen LogP contribution in [0.3, 0.4) is 0 Å². The molecule has 138 valence electrons. The Morgan fingerprint density at radius 2 is 2.19 bits per heavy atom. The number of fused-ring (bicyclic) bond motifs is 2. The lowest BCUT2D eigenvalue weighted by molar-refractivity contribution is -0.140. The van der Waals surface area contributed by atoms with Crippen molar-refractivity contribution in [2.45, 2.75) is 25.3 Å². The van der Waals surface area contributed by atoms with Gasteiger partial charge in [0.15, 0.2) is 5.69 Å². The number of pyridine rings is 1. The minimum absolute atomic E-state index is 0.120. The molecule has 2 aromatic rings. The molecule has 0 aliphatic carbocycles. The molecule has 2 aliphatic heterocycles. The normalized spacial score (nSPS) is 23.4. The van der Waals surface area contributed by atoms with E-state index < -0.39 is 5.95 Å². The van der Waals surface area contributed by atoms with Crippen LogP contribution in [-0.2, 0) is 4.79 Å². The van der Waals surface area contributed by atoms with Gasteiger partial charge in [-0.25, -0.2) is 4.98 Å². The molecule has 0 aromatic carbocycles. The summed E-state index contributed by atoms with van der Waals surface area (Å²) >= 11 is 0. The van der Waals surface area contributed by atoms with Gasteiger partial charge in [-0.15, -0.1) is 0 Å². The van der Waals surface area contributed by atoms with Crippen LogP contribution in [0.5, 0.6) is 0 Å². The lowest BCUT2D eigenvalue weighted by Gasteiger charge is -2.46. The smallest absolute Gasteiger partial charge is 0.277 e. The number of halogens is 1. The van der Waals surface area contributed by atoms with E-state index in [4.69, 9.17) is 5.73 Å². The third-order valence-electron chi connectivity index (χ3n) is 5.47. The summed E-state index contributed by atoms with van der Waals surface area (Å²) in [5, 5.41) is 0. The van der Waals surface area contributed by atoms with Crippen LogP contribution in [-0.4, -0.2) is 63.2 Å². The van der Waals surface area contributed by atoms with Crippen LogP contribution >= 0.6 is 0 Å². The highest BCUT2D eigenvalue weighted by Crippen LogP contribution is 2.31. The van der Waals surface area contributed by atoms with Crippen molar-refractivity contribution in [3.8, 4) is 0 Å². The van der Waals surface area contributed by atoms with Crippen LogP contribution in [0, 0.1) is 11.9 Å². The highest BCUT2D eigenvalue weighted by Gasteiger charge is 2.40. The predicted molar refractivity (Wildman–Crippen MR) is 92.9 cm³/mol. The molecule has 2 saturated heterocycles. The summed E-state index contributed by atoms with van der Waals surface area (Å²) in [6, 6.07) is 5.24. The third-order valence-corrected chi connectivity index (χ3v) is 5.47. The molecule has 4 heterocycles. The van der Waals surface area contributed by atoms with Gasteiger partial charge in [0.25, 0.3) is 5.91 Å². The first-order valence-corrected chi connectivity index (χ1v) is 9.01. The maximum atomic E-state index is 14.6. The van der Waals surface area contributed by atoms with Crippen molar-refractivity contribution in [3.63, 3.8) is 0 Å². The van der Waals surface area contributed by atoms with Gasteiger partial charge in [-0.2, -0.15) is 4.39 Å². The molecular formula is C18H22FN5O2. The topological polar surface area (TPSA) is 83.9 Å². The Balaban J connectivity index is 1.54. The minimum atomic E-state index is -0.628. The van der Waals surface area contributed by atoms with Crippen LogP contribution in [0.25, 0.3) is 5.65 Å². The summed E-state index contributed by atoms with van der Waals surface area (Å²) in [5.41, 5.74) is 5.92. The van der Waals surface area contributed by atoms with E-state index in [0.717, 1.165) is 6.42 Å². The molecule has 7 nitrogen and oxygen atoms in total. The van der Waals surface area contributed by atoms with E-state index in [9.17, 15) is 14.0 Å². The Bertz CT molecular complexity index is 851. The fourth-order valence-corrected chi connectivity index (χ4v) is 4.22. The second-order valence-corrected chi connectivity index (χ2v) is 6.96. The van der Waals surface area contributed by atoms with Crippen molar-refractivity contribution in [1.29, 1.82) is 0 Å². The molecule has 2 aliphatic rings. The monoisotopic (exact) mass is 359 g/mol. The molecule has 0 spiro atoms. The molecule has 2 amide bonds. The van der Waals surface area contributed by atoms with Crippen LogP contribution < -0.4 is 5.73 Å². The van der Waals surface area contributed by atoms with Gasteiger partial charge in [0.1, 0.15) is 5.65 Å². The molecule has 0 saturated carbocycles. The lowest BCUT2D eigenvalue weighted by atomic mass is 9.83. The zero-order chi connectivity index (χ0) is 18.3. The maximum Gasteiger partial charge on any atom is 0.277 e. The summed E-state index contributed by atoms with van der Waals surface area (Å²) in [4.78, 5) is 32.7. The van der Waals surface area contributed by atoms with Gasteiger partial charge in [0.05, 0.1) is 0 Å². The minimum Gasteiger partial charge on any atom is -0.338 e. The van der Waals surface area contributed by atoms with Crippen molar-refractivity contribution < 1.29 is 14.0 Å². The van der Waals surface area contributed by atoms with Gasteiger partial charge in [0.2, 0.25) is 11.9 Å². The lowest BCUT2D eigenvalue weighted by Crippen LogP contribution is -2.57. The first kappa shape index (κ1) is 17.0. The van der Waals surface area contributed by atoms with Crippen molar-refractivity contribution in [1.82, 2.24) is 19.2 Å². The Morgan fingerprint density at radius 1 is 1.35 bits per heavy atom. The molecule has 26 heavy (non-hydrogen) atoms. The zero-order valence-electron chi connectivity index (χ0n) is 14.5. The van der Waals surface area contributed by atoms with Gasteiger partial charge >= 0.3 is 0 Å². The first-order valence-electron chi connectivity index (χ1n) is 9.01. The Kier molecular flexibility index (Phi) is 4.36. The van der Waals surface area contributed by atoms with Gasteiger partial charge in [-0.05, 0) is 30.9 Å². The molecule has 0 radical (unpaired) electrons. The number of nitrogens with two attached hydrogens (primary N) is 1. The molecule has 2 fully saturated rings. The van der Waals surface area contributed by atoms with Gasteiger partial charge in [0, 0.05) is 44.8 Å². The van der Waals surface area contributed by atoms with E-state index in [0.29, 0.717) is 44.7 Å². The Labute approximate surface area is 150 Å². The highest BCUT2D eigenvalue weighted by molar-refractivity contribution is 5.93. The molecule has 2 N–H and O–H groups in total. The number of hydrogen-bond donors (Lipinski definition) is 1. The van der Waals surface area contributed by atoms with Crippen LogP contribution in [0.1, 0.15) is 29.8 Å². The van der Waals surface area contributed by atoms with E-state index in [1.54, 1.807) is 29.3 Å². The number of hydrogen-bond acceptors (Lipinski definition) is 4. The second kappa shape index (κ2) is 6.68. The molecule has 0 bridgehead atoms. The molecular weight excluding hydrogens is 337 g/mol. The first-order chi connectivity index (χ1) is 12.6. The Morgan fingerprint density at radius 3 is 2.96 bits per heavy atom.